The minimum atomic E-state index is -2.01. The van der Waals surface area contributed by atoms with Crippen molar-refractivity contribution >= 4 is 30.9 Å². The standard InChI is InChI=1S/C14H32O5Si3/c1-11-16-13(15)12(17-20(2,3)4)14(18-21(5,6)7)19-22(8,9)10/h11H2,1-10H3. The summed E-state index contributed by atoms with van der Waals surface area (Å²) in [5.74, 6) is -0.221. The summed E-state index contributed by atoms with van der Waals surface area (Å²) >= 11 is 0. The zero-order valence-electron chi connectivity index (χ0n) is 15.7. The molecule has 0 aromatic rings. The molecule has 0 atom stereocenters. The van der Waals surface area contributed by atoms with Crippen LogP contribution in [0.4, 0.5) is 0 Å². The van der Waals surface area contributed by atoms with E-state index in [4.69, 9.17) is 18.0 Å². The van der Waals surface area contributed by atoms with Crippen molar-refractivity contribution in [2.24, 2.45) is 0 Å². The summed E-state index contributed by atoms with van der Waals surface area (Å²) in [7, 11) is -5.93. The highest BCUT2D eigenvalue weighted by Gasteiger charge is 2.33. The quantitative estimate of drug-likeness (QED) is 0.278. The molecule has 0 saturated heterocycles. The number of carbonyl (C=O) groups excluding carboxylic acids is 1. The van der Waals surface area contributed by atoms with Crippen LogP contribution in [0.5, 0.6) is 0 Å². The predicted molar refractivity (Wildman–Crippen MR) is 97.0 cm³/mol. The van der Waals surface area contributed by atoms with Crippen LogP contribution in [0.3, 0.4) is 0 Å². The van der Waals surface area contributed by atoms with Crippen LogP contribution in [0.2, 0.25) is 58.9 Å². The number of hydrogen-bond acceptors (Lipinski definition) is 5. The highest BCUT2D eigenvalue weighted by atomic mass is 28.4. The van der Waals surface area contributed by atoms with Crippen molar-refractivity contribution in [3.05, 3.63) is 11.7 Å². The van der Waals surface area contributed by atoms with Gasteiger partial charge in [-0.05, 0) is 65.8 Å². The van der Waals surface area contributed by atoms with Gasteiger partial charge in [-0.2, -0.15) is 0 Å². The van der Waals surface area contributed by atoms with Crippen LogP contribution in [0, 0.1) is 0 Å². The minimum Gasteiger partial charge on any atom is -0.535 e. The number of hydrogen-bond donors (Lipinski definition) is 0. The van der Waals surface area contributed by atoms with Crippen LogP contribution in [-0.2, 0) is 22.8 Å². The van der Waals surface area contributed by atoms with E-state index in [1.165, 1.54) is 0 Å². The Kier molecular flexibility index (Phi) is 7.43. The summed E-state index contributed by atoms with van der Waals surface area (Å²) < 4.78 is 23.1. The molecule has 0 N–H and O–H groups in total. The fraction of sp³-hybridized carbons (Fsp3) is 0.786. The van der Waals surface area contributed by atoms with Crippen LogP contribution in [0.1, 0.15) is 6.92 Å². The van der Waals surface area contributed by atoms with Crippen molar-refractivity contribution in [2.45, 2.75) is 65.8 Å². The molecule has 0 aliphatic heterocycles. The lowest BCUT2D eigenvalue weighted by Crippen LogP contribution is -2.36. The van der Waals surface area contributed by atoms with Gasteiger partial charge in [0.05, 0.1) is 6.61 Å². The molecule has 0 amide bonds. The first-order valence-electron chi connectivity index (χ1n) is 7.63. The molecule has 0 unspecified atom stereocenters. The molecule has 0 aromatic carbocycles. The van der Waals surface area contributed by atoms with E-state index >= 15 is 0 Å². The Balaban J connectivity index is 5.86. The Labute approximate surface area is 138 Å². The van der Waals surface area contributed by atoms with Crippen LogP contribution in [0.25, 0.3) is 0 Å². The van der Waals surface area contributed by atoms with Crippen LogP contribution < -0.4 is 0 Å². The molecule has 0 heterocycles. The molecule has 0 fully saturated rings. The molecule has 0 saturated carbocycles. The first-order valence-corrected chi connectivity index (χ1v) is 17.9. The van der Waals surface area contributed by atoms with Crippen LogP contribution in [-0.4, -0.2) is 37.5 Å². The van der Waals surface area contributed by atoms with Crippen LogP contribution in [0.15, 0.2) is 11.7 Å². The van der Waals surface area contributed by atoms with Crippen molar-refractivity contribution in [3.8, 4) is 0 Å². The van der Waals surface area contributed by atoms with Crippen molar-refractivity contribution in [3.63, 3.8) is 0 Å². The van der Waals surface area contributed by atoms with Gasteiger partial charge in [0.25, 0.3) is 5.76 Å². The Morgan fingerprint density at radius 1 is 0.727 bits per heavy atom. The van der Waals surface area contributed by atoms with Gasteiger partial charge in [0.2, 0.25) is 25.0 Å². The topological polar surface area (TPSA) is 54.0 Å². The monoisotopic (exact) mass is 364 g/mol. The van der Waals surface area contributed by atoms with Crippen molar-refractivity contribution in [1.82, 2.24) is 0 Å². The maximum absolute atomic E-state index is 12.3. The molecule has 0 spiro atoms. The van der Waals surface area contributed by atoms with E-state index in [0.717, 1.165) is 0 Å². The Hall–Kier alpha value is -0.739. The van der Waals surface area contributed by atoms with Gasteiger partial charge in [-0.1, -0.05) is 0 Å². The maximum Gasteiger partial charge on any atom is 0.379 e. The second-order valence-corrected chi connectivity index (χ2v) is 21.3. The summed E-state index contributed by atoms with van der Waals surface area (Å²) in [4.78, 5) is 12.3. The lowest BCUT2D eigenvalue weighted by molar-refractivity contribution is -0.141. The molecule has 0 aliphatic carbocycles. The zero-order valence-corrected chi connectivity index (χ0v) is 18.7. The van der Waals surface area contributed by atoms with Gasteiger partial charge in [0.15, 0.2) is 0 Å². The number of rotatable bonds is 8. The minimum absolute atomic E-state index is 0.0888. The fourth-order valence-corrected chi connectivity index (χ4v) is 3.58. The fourth-order valence-electron chi connectivity index (χ4n) is 1.34. The number of carbonyl (C=O) groups is 1. The summed E-state index contributed by atoms with van der Waals surface area (Å²) in [5, 5.41) is 0. The third-order valence-corrected chi connectivity index (χ3v) is 4.26. The second-order valence-electron chi connectivity index (χ2n) is 7.98. The molecule has 5 nitrogen and oxygen atoms in total. The summed E-state index contributed by atoms with van der Waals surface area (Å²) in [5.41, 5.74) is 0. The molecule has 0 aromatic heterocycles. The molecule has 0 aliphatic rings. The third-order valence-electron chi connectivity index (χ3n) is 1.85. The smallest absolute Gasteiger partial charge is 0.379 e. The van der Waals surface area contributed by atoms with E-state index in [-0.39, 0.29) is 18.3 Å². The first kappa shape index (κ1) is 21.3. The Bertz CT molecular complexity index is 396. The first-order chi connectivity index (χ1) is 9.64. The summed E-state index contributed by atoms with van der Waals surface area (Å²) in [6, 6.07) is 0. The second kappa shape index (κ2) is 7.69. The zero-order chi connectivity index (χ0) is 17.8. The predicted octanol–water partition coefficient (Wildman–Crippen LogP) is 4.27. The van der Waals surface area contributed by atoms with E-state index in [2.05, 4.69) is 0 Å². The molecular weight excluding hydrogens is 332 g/mol. The average molecular weight is 365 g/mol. The maximum atomic E-state index is 12.3. The highest BCUT2D eigenvalue weighted by molar-refractivity contribution is 6.71. The van der Waals surface area contributed by atoms with E-state index in [9.17, 15) is 4.79 Å². The molecule has 0 radical (unpaired) electrons. The Morgan fingerprint density at radius 2 is 1.09 bits per heavy atom. The third kappa shape index (κ3) is 10.1. The number of esters is 1. The van der Waals surface area contributed by atoms with Gasteiger partial charge in [-0.25, -0.2) is 4.79 Å². The summed E-state index contributed by atoms with van der Waals surface area (Å²) in [6.45, 7) is 20.3. The molecule has 130 valence electrons. The molecule has 0 bridgehead atoms. The van der Waals surface area contributed by atoms with E-state index in [0.29, 0.717) is 0 Å². The van der Waals surface area contributed by atoms with E-state index in [1.807, 2.05) is 58.9 Å². The highest BCUT2D eigenvalue weighted by Crippen LogP contribution is 2.24. The van der Waals surface area contributed by atoms with Gasteiger partial charge in [0, 0.05) is 0 Å². The van der Waals surface area contributed by atoms with Crippen molar-refractivity contribution in [1.29, 1.82) is 0 Å². The number of ether oxygens (including phenoxy) is 1. The molecule has 22 heavy (non-hydrogen) atoms. The SMILES string of the molecule is CCOC(=O)C(O[Si](C)(C)C)=C(O[Si](C)(C)C)O[Si](C)(C)C. The Morgan fingerprint density at radius 3 is 1.36 bits per heavy atom. The van der Waals surface area contributed by atoms with E-state index in [1.54, 1.807) is 6.92 Å². The van der Waals surface area contributed by atoms with Gasteiger partial charge >= 0.3 is 11.9 Å². The van der Waals surface area contributed by atoms with Gasteiger partial charge < -0.3 is 18.0 Å². The normalized spacial score (nSPS) is 12.5. The lowest BCUT2D eigenvalue weighted by atomic mass is 10.5. The van der Waals surface area contributed by atoms with Gasteiger partial charge in [0.1, 0.15) is 0 Å². The largest absolute Gasteiger partial charge is 0.535 e. The van der Waals surface area contributed by atoms with E-state index < -0.39 is 30.9 Å². The van der Waals surface area contributed by atoms with Crippen molar-refractivity contribution < 1.29 is 22.8 Å². The van der Waals surface area contributed by atoms with Crippen molar-refractivity contribution in [2.75, 3.05) is 6.61 Å². The molecule has 0 rings (SSSR count). The molecule has 8 heteroatoms. The lowest BCUT2D eigenvalue weighted by Gasteiger charge is -2.30. The van der Waals surface area contributed by atoms with Gasteiger partial charge in [-0.3, -0.25) is 0 Å². The molecular formula is C14H32O5Si3. The van der Waals surface area contributed by atoms with Crippen LogP contribution >= 0.6 is 0 Å². The summed E-state index contributed by atoms with van der Waals surface area (Å²) in [6.07, 6.45) is 0. The average Bonchev–Trinajstić information content (AvgIpc) is 2.19. The van der Waals surface area contributed by atoms with Gasteiger partial charge in [-0.15, -0.1) is 0 Å².